The van der Waals surface area contributed by atoms with Crippen molar-refractivity contribution in [2.24, 2.45) is 5.73 Å². The molecule has 0 atom stereocenters. The first-order valence-corrected chi connectivity index (χ1v) is 6.35. The Morgan fingerprint density at radius 3 is 2.57 bits per heavy atom. The number of ether oxygens (including phenoxy) is 1. The molecule has 3 N–H and O–H groups in total. The summed E-state index contributed by atoms with van der Waals surface area (Å²) in [6.45, 7) is 0.571. The van der Waals surface area contributed by atoms with Crippen molar-refractivity contribution in [2.75, 3.05) is 12.4 Å². The predicted octanol–water partition coefficient (Wildman–Crippen LogP) is 2.28. The highest BCUT2D eigenvalue weighted by atomic mass is 16.5. The maximum Gasteiger partial charge on any atom is 0.248 e. The van der Waals surface area contributed by atoms with Crippen molar-refractivity contribution in [3.63, 3.8) is 0 Å². The number of benzene rings is 2. The Kier molecular flexibility index (Phi) is 4.42. The van der Waals surface area contributed by atoms with Crippen molar-refractivity contribution in [3.8, 4) is 11.8 Å². The third kappa shape index (κ3) is 3.51. The number of hydrogen-bond acceptors (Lipinski definition) is 4. The van der Waals surface area contributed by atoms with Crippen molar-refractivity contribution >= 4 is 11.6 Å². The van der Waals surface area contributed by atoms with Crippen molar-refractivity contribution in [1.29, 1.82) is 5.26 Å². The average Bonchev–Trinajstić information content (AvgIpc) is 2.53. The first-order valence-electron chi connectivity index (χ1n) is 6.35. The Balaban J connectivity index is 2.09. The van der Waals surface area contributed by atoms with Crippen LogP contribution >= 0.6 is 0 Å². The molecule has 2 aromatic rings. The monoisotopic (exact) mass is 281 g/mol. The molecule has 0 aliphatic rings. The molecule has 0 radical (unpaired) electrons. The summed E-state index contributed by atoms with van der Waals surface area (Å²) in [5.74, 6) is 0.172. The van der Waals surface area contributed by atoms with Crippen LogP contribution in [0.5, 0.6) is 5.75 Å². The molecule has 0 unspecified atom stereocenters. The Hall–Kier alpha value is -3.00. The van der Waals surface area contributed by atoms with Crippen LogP contribution in [0.4, 0.5) is 5.69 Å². The van der Waals surface area contributed by atoms with Crippen LogP contribution in [0.3, 0.4) is 0 Å². The van der Waals surface area contributed by atoms with Gasteiger partial charge in [-0.25, -0.2) is 0 Å². The fraction of sp³-hybridized carbons (Fsp3) is 0.125. The molecule has 0 aliphatic carbocycles. The Labute approximate surface area is 123 Å². The number of primary amides is 1. The lowest BCUT2D eigenvalue weighted by atomic mass is 10.1. The molecule has 21 heavy (non-hydrogen) atoms. The number of nitriles is 1. The van der Waals surface area contributed by atoms with E-state index in [-0.39, 0.29) is 0 Å². The molecule has 0 bridgehead atoms. The van der Waals surface area contributed by atoms with Gasteiger partial charge in [0.1, 0.15) is 5.75 Å². The number of carbonyl (C=O) groups excluding carboxylic acids is 1. The van der Waals surface area contributed by atoms with Gasteiger partial charge in [-0.05, 0) is 29.8 Å². The fourth-order valence-corrected chi connectivity index (χ4v) is 1.89. The van der Waals surface area contributed by atoms with Crippen LogP contribution in [0.2, 0.25) is 0 Å². The topological polar surface area (TPSA) is 88.1 Å². The molecule has 0 saturated carbocycles. The Morgan fingerprint density at radius 1 is 1.29 bits per heavy atom. The van der Waals surface area contributed by atoms with Crippen molar-refractivity contribution in [1.82, 2.24) is 0 Å². The molecule has 0 saturated heterocycles. The molecular formula is C16H15N3O2. The lowest BCUT2D eigenvalue weighted by molar-refractivity contribution is 0.100. The number of carbonyl (C=O) groups is 1. The maximum atomic E-state index is 11.0. The van der Waals surface area contributed by atoms with Gasteiger partial charge in [-0.15, -0.1) is 0 Å². The third-order valence-corrected chi connectivity index (χ3v) is 3.05. The maximum absolute atomic E-state index is 11.0. The molecule has 0 spiro atoms. The minimum atomic E-state index is -0.441. The van der Waals surface area contributed by atoms with Gasteiger partial charge in [0.05, 0.1) is 24.4 Å². The molecule has 0 heterocycles. The van der Waals surface area contributed by atoms with Gasteiger partial charge in [0.25, 0.3) is 0 Å². The standard InChI is InChI=1S/C16H15N3O2/c1-21-15-8-12(9-17)4-7-14(15)19-10-11-2-5-13(6-3-11)16(18)20/h2-8,19H,10H2,1H3,(H2,18,20). The van der Waals surface area contributed by atoms with Crippen molar-refractivity contribution in [2.45, 2.75) is 6.54 Å². The second-order valence-corrected chi connectivity index (χ2v) is 4.44. The minimum Gasteiger partial charge on any atom is -0.495 e. The highest BCUT2D eigenvalue weighted by molar-refractivity contribution is 5.92. The highest BCUT2D eigenvalue weighted by Crippen LogP contribution is 2.25. The van der Waals surface area contributed by atoms with E-state index < -0.39 is 5.91 Å². The normalized spacial score (nSPS) is 9.71. The summed E-state index contributed by atoms with van der Waals surface area (Å²) >= 11 is 0. The molecular weight excluding hydrogens is 266 g/mol. The number of rotatable bonds is 5. The average molecular weight is 281 g/mol. The smallest absolute Gasteiger partial charge is 0.248 e. The summed E-state index contributed by atoms with van der Waals surface area (Å²) < 4.78 is 5.25. The molecule has 2 aromatic carbocycles. The van der Waals surface area contributed by atoms with Crippen molar-refractivity contribution < 1.29 is 9.53 Å². The number of methoxy groups -OCH3 is 1. The Bertz CT molecular complexity index is 688. The molecule has 1 amide bonds. The van der Waals surface area contributed by atoms with Crippen LogP contribution in [0, 0.1) is 11.3 Å². The zero-order chi connectivity index (χ0) is 15.2. The van der Waals surface area contributed by atoms with Crippen LogP contribution < -0.4 is 15.8 Å². The molecule has 5 heteroatoms. The van der Waals surface area contributed by atoms with Crippen LogP contribution in [-0.2, 0) is 6.54 Å². The first kappa shape index (κ1) is 14.4. The number of nitrogens with two attached hydrogens (primary N) is 1. The number of nitrogens with one attached hydrogen (secondary N) is 1. The summed E-state index contributed by atoms with van der Waals surface area (Å²) in [5, 5.41) is 12.1. The van der Waals surface area contributed by atoms with E-state index in [9.17, 15) is 4.79 Å². The second kappa shape index (κ2) is 6.44. The first-order chi connectivity index (χ1) is 10.1. The van der Waals surface area contributed by atoms with Gasteiger partial charge < -0.3 is 15.8 Å². The molecule has 2 rings (SSSR count). The van der Waals surface area contributed by atoms with Gasteiger partial charge in [-0.2, -0.15) is 5.26 Å². The predicted molar refractivity (Wildman–Crippen MR) is 80.0 cm³/mol. The van der Waals surface area contributed by atoms with E-state index in [0.29, 0.717) is 23.4 Å². The number of nitrogens with zero attached hydrogens (tertiary/aromatic N) is 1. The van der Waals surface area contributed by atoms with E-state index in [1.807, 2.05) is 12.1 Å². The van der Waals surface area contributed by atoms with Gasteiger partial charge in [0.2, 0.25) is 5.91 Å². The molecule has 0 fully saturated rings. The molecule has 0 aromatic heterocycles. The number of amides is 1. The minimum absolute atomic E-state index is 0.441. The van der Waals surface area contributed by atoms with E-state index >= 15 is 0 Å². The van der Waals surface area contributed by atoms with Gasteiger partial charge in [0, 0.05) is 18.2 Å². The number of anilines is 1. The number of hydrogen-bond donors (Lipinski definition) is 2. The molecule has 5 nitrogen and oxygen atoms in total. The van der Waals surface area contributed by atoms with Crippen molar-refractivity contribution in [3.05, 3.63) is 59.2 Å². The zero-order valence-electron chi connectivity index (χ0n) is 11.6. The van der Waals surface area contributed by atoms with Gasteiger partial charge in [0.15, 0.2) is 0 Å². The van der Waals surface area contributed by atoms with Crippen LogP contribution in [-0.4, -0.2) is 13.0 Å². The largest absolute Gasteiger partial charge is 0.495 e. The fourth-order valence-electron chi connectivity index (χ4n) is 1.89. The van der Waals surface area contributed by atoms with E-state index in [0.717, 1.165) is 11.3 Å². The lowest BCUT2D eigenvalue weighted by Gasteiger charge is -2.11. The van der Waals surface area contributed by atoms with Gasteiger partial charge >= 0.3 is 0 Å². The lowest BCUT2D eigenvalue weighted by Crippen LogP contribution is -2.10. The summed E-state index contributed by atoms with van der Waals surface area (Å²) in [6, 6.07) is 14.3. The molecule has 0 aliphatic heterocycles. The summed E-state index contributed by atoms with van der Waals surface area (Å²) in [7, 11) is 1.56. The SMILES string of the molecule is COc1cc(C#N)ccc1NCc1ccc(C(N)=O)cc1. The highest BCUT2D eigenvalue weighted by Gasteiger charge is 2.05. The van der Waals surface area contributed by atoms with Crippen LogP contribution in [0.15, 0.2) is 42.5 Å². The van der Waals surface area contributed by atoms with Gasteiger partial charge in [-0.3, -0.25) is 4.79 Å². The third-order valence-electron chi connectivity index (χ3n) is 3.05. The second-order valence-electron chi connectivity index (χ2n) is 4.44. The zero-order valence-corrected chi connectivity index (χ0v) is 11.6. The van der Waals surface area contributed by atoms with E-state index in [2.05, 4.69) is 11.4 Å². The van der Waals surface area contributed by atoms with Crippen LogP contribution in [0.25, 0.3) is 0 Å². The van der Waals surface area contributed by atoms with Crippen LogP contribution in [0.1, 0.15) is 21.5 Å². The summed E-state index contributed by atoms with van der Waals surface area (Å²) in [5.41, 5.74) is 8.03. The summed E-state index contributed by atoms with van der Waals surface area (Å²) in [4.78, 5) is 11.0. The quantitative estimate of drug-likeness (QED) is 0.880. The van der Waals surface area contributed by atoms with E-state index in [4.69, 9.17) is 15.7 Å². The summed E-state index contributed by atoms with van der Waals surface area (Å²) in [6.07, 6.45) is 0. The van der Waals surface area contributed by atoms with Gasteiger partial charge in [-0.1, -0.05) is 12.1 Å². The van der Waals surface area contributed by atoms with E-state index in [1.54, 1.807) is 37.4 Å². The molecule has 106 valence electrons. The Morgan fingerprint density at radius 2 is 2.00 bits per heavy atom. The van der Waals surface area contributed by atoms with E-state index in [1.165, 1.54) is 0 Å².